The van der Waals surface area contributed by atoms with Crippen LogP contribution in [0, 0.1) is 23.7 Å². The molecule has 2 fully saturated rings. The Labute approximate surface area is 266 Å². The average Bonchev–Trinajstić information content (AvgIpc) is 3.48. The van der Waals surface area contributed by atoms with Crippen LogP contribution in [-0.4, -0.2) is 47.9 Å². The van der Waals surface area contributed by atoms with Crippen LogP contribution < -0.4 is 9.47 Å². The number of carbonyl (C=O) groups excluding carboxylic acids is 4. The minimum atomic E-state index is -4.62. The van der Waals surface area contributed by atoms with Crippen molar-refractivity contribution in [2.45, 2.75) is 75.4 Å². The number of rotatable bonds is 9. The van der Waals surface area contributed by atoms with E-state index in [0.717, 1.165) is 36.4 Å². The first-order chi connectivity index (χ1) is 22.4. The van der Waals surface area contributed by atoms with E-state index in [2.05, 4.69) is 9.47 Å². The van der Waals surface area contributed by atoms with Gasteiger partial charge in [0.2, 0.25) is 0 Å². The third-order valence-corrected chi connectivity index (χ3v) is 9.62. The number of cyclic esters (lactones) is 4. The van der Waals surface area contributed by atoms with E-state index in [-0.39, 0.29) is 22.3 Å². The summed E-state index contributed by atoms with van der Waals surface area (Å²) in [6.45, 7) is 0. The molecule has 6 rings (SSSR count). The fourth-order valence-electron chi connectivity index (χ4n) is 6.87. The lowest BCUT2D eigenvalue weighted by Gasteiger charge is -2.43. The molecular weight excluding hydrogens is 664 g/mol. The van der Waals surface area contributed by atoms with Crippen LogP contribution in [0.3, 0.4) is 0 Å². The van der Waals surface area contributed by atoms with Gasteiger partial charge in [0.25, 0.3) is 0 Å². The second kappa shape index (κ2) is 11.7. The summed E-state index contributed by atoms with van der Waals surface area (Å²) in [7, 11) is 0. The lowest BCUT2D eigenvalue weighted by Crippen LogP contribution is -2.53. The van der Waals surface area contributed by atoms with Crippen molar-refractivity contribution >= 4 is 23.9 Å². The molecule has 48 heavy (non-hydrogen) atoms. The number of fused-ring (bicyclic) bond motifs is 2. The molecule has 0 N–H and O–H groups in total. The predicted octanol–water partition coefficient (Wildman–Crippen LogP) is 7.83. The molecule has 16 heteroatoms. The number of esters is 4. The van der Waals surface area contributed by atoms with Crippen molar-refractivity contribution < 1.29 is 73.2 Å². The topological polar surface area (TPSA) is 105 Å². The Balaban J connectivity index is 1.04. The van der Waals surface area contributed by atoms with Crippen LogP contribution in [0.15, 0.2) is 36.4 Å². The van der Waals surface area contributed by atoms with Crippen molar-refractivity contribution in [3.63, 3.8) is 0 Å². The molecule has 0 aromatic heterocycles. The van der Waals surface area contributed by atoms with Crippen LogP contribution >= 0.6 is 0 Å². The van der Waals surface area contributed by atoms with Gasteiger partial charge in [-0.2, -0.15) is 35.1 Å². The van der Waals surface area contributed by atoms with E-state index in [9.17, 15) is 36.7 Å². The van der Waals surface area contributed by atoms with Crippen LogP contribution in [0.5, 0.6) is 11.5 Å². The summed E-state index contributed by atoms with van der Waals surface area (Å²) in [5.74, 6) is -21.3. The summed E-state index contributed by atoms with van der Waals surface area (Å²) < 4.78 is 140. The quantitative estimate of drug-likeness (QED) is 0.149. The SMILES string of the molecule is O=C1OC(=O)c2cc(OC(F)(F)C3CCC(C(F)(F)C(F)(F)C4CCC(C(F)(F)Oc5ccc6c(c5)C(=O)OC6=O)CC4)CC3)ccc21. The maximum Gasteiger partial charge on any atom is 0.400 e. The largest absolute Gasteiger partial charge is 0.432 e. The van der Waals surface area contributed by atoms with Crippen molar-refractivity contribution in [1.82, 2.24) is 0 Å². The third kappa shape index (κ3) is 5.87. The van der Waals surface area contributed by atoms with Crippen molar-refractivity contribution in [2.24, 2.45) is 23.7 Å². The summed E-state index contributed by atoms with van der Waals surface area (Å²) in [5.41, 5.74) is -0.844. The zero-order valence-electron chi connectivity index (χ0n) is 24.7. The third-order valence-electron chi connectivity index (χ3n) is 9.62. The molecule has 2 saturated carbocycles. The lowest BCUT2D eigenvalue weighted by molar-refractivity contribution is -0.282. The van der Waals surface area contributed by atoms with Crippen molar-refractivity contribution in [3.8, 4) is 11.5 Å². The highest BCUT2D eigenvalue weighted by atomic mass is 19.3. The van der Waals surface area contributed by atoms with Gasteiger partial charge in [0, 0.05) is 11.8 Å². The fourth-order valence-corrected chi connectivity index (χ4v) is 6.87. The summed E-state index contributed by atoms with van der Waals surface area (Å²) >= 11 is 0. The van der Waals surface area contributed by atoms with Gasteiger partial charge in [-0.1, -0.05) is 0 Å². The second-order valence-corrected chi connectivity index (χ2v) is 12.4. The van der Waals surface area contributed by atoms with Crippen LogP contribution in [0.2, 0.25) is 0 Å². The standard InChI is InChI=1S/C32H26F8O8/c33-29(34,15-1-5-17(6-2-15)31(37,38)47-19-9-11-21-23(13-19)27(43)45-25(21)41)30(35,36)16-3-7-18(8-4-16)32(39,40)48-20-10-12-22-24(14-20)28(44)46-26(22)42/h9-18H,1-8H2. The van der Waals surface area contributed by atoms with Crippen LogP contribution in [0.25, 0.3) is 0 Å². The van der Waals surface area contributed by atoms with E-state index < -0.39 is 134 Å². The van der Waals surface area contributed by atoms with Gasteiger partial charge in [-0.25, -0.2) is 19.2 Å². The molecular formula is C32H26F8O8. The Bertz CT molecular complexity index is 1540. The first kappa shape index (κ1) is 33.7. The van der Waals surface area contributed by atoms with E-state index in [1.165, 1.54) is 0 Å². The Morgan fingerprint density at radius 2 is 0.750 bits per heavy atom. The first-order valence-corrected chi connectivity index (χ1v) is 15.1. The van der Waals surface area contributed by atoms with Gasteiger partial charge >= 0.3 is 47.9 Å². The number of carbonyl (C=O) groups is 4. The molecule has 2 aromatic carbocycles. The normalized spacial score (nSPS) is 24.9. The molecule has 2 aromatic rings. The molecule has 0 amide bonds. The second-order valence-electron chi connectivity index (χ2n) is 12.4. The number of hydrogen-bond donors (Lipinski definition) is 0. The molecule has 2 aliphatic heterocycles. The molecule has 0 unspecified atom stereocenters. The highest BCUT2D eigenvalue weighted by Gasteiger charge is 2.65. The summed E-state index contributed by atoms with van der Waals surface area (Å²) in [6, 6.07) is 5.93. The summed E-state index contributed by atoms with van der Waals surface area (Å²) in [4.78, 5) is 46.6. The molecule has 258 valence electrons. The van der Waals surface area contributed by atoms with Gasteiger partial charge in [0.15, 0.2) is 0 Å². The van der Waals surface area contributed by atoms with Crippen molar-refractivity contribution in [1.29, 1.82) is 0 Å². The van der Waals surface area contributed by atoms with Gasteiger partial charge < -0.3 is 18.9 Å². The molecule has 2 aliphatic carbocycles. The van der Waals surface area contributed by atoms with Gasteiger partial charge in [-0.15, -0.1) is 0 Å². The maximum absolute atomic E-state index is 15.3. The van der Waals surface area contributed by atoms with Gasteiger partial charge in [0.05, 0.1) is 34.1 Å². The zero-order chi connectivity index (χ0) is 34.8. The monoisotopic (exact) mass is 690 g/mol. The van der Waals surface area contributed by atoms with E-state index in [1.807, 2.05) is 0 Å². The molecule has 0 saturated heterocycles. The van der Waals surface area contributed by atoms with Gasteiger partial charge in [-0.3, -0.25) is 0 Å². The maximum atomic E-state index is 15.3. The number of hydrogen-bond acceptors (Lipinski definition) is 8. The molecule has 4 aliphatic rings. The van der Waals surface area contributed by atoms with Gasteiger partial charge in [0.1, 0.15) is 11.5 Å². The van der Waals surface area contributed by atoms with Crippen molar-refractivity contribution in [3.05, 3.63) is 58.7 Å². The minimum Gasteiger partial charge on any atom is -0.432 e. The number of halogens is 8. The van der Waals surface area contributed by atoms with Crippen LogP contribution in [-0.2, 0) is 9.47 Å². The zero-order valence-corrected chi connectivity index (χ0v) is 24.7. The lowest BCUT2D eigenvalue weighted by atomic mass is 9.71. The summed E-state index contributed by atoms with van der Waals surface area (Å²) in [5, 5.41) is 0. The highest BCUT2D eigenvalue weighted by Crippen LogP contribution is 2.55. The molecule has 0 bridgehead atoms. The first-order valence-electron chi connectivity index (χ1n) is 15.1. The van der Waals surface area contributed by atoms with E-state index in [4.69, 9.17) is 9.47 Å². The predicted molar refractivity (Wildman–Crippen MR) is 144 cm³/mol. The Morgan fingerprint density at radius 1 is 0.458 bits per heavy atom. The summed E-state index contributed by atoms with van der Waals surface area (Å²) in [6.07, 6.45) is -12.9. The number of ether oxygens (including phenoxy) is 4. The van der Waals surface area contributed by atoms with Crippen LogP contribution in [0.1, 0.15) is 92.8 Å². The smallest absolute Gasteiger partial charge is 0.400 e. The number of alkyl halides is 8. The molecule has 0 atom stereocenters. The van der Waals surface area contributed by atoms with E-state index in [0.29, 0.717) is 0 Å². The Kier molecular flexibility index (Phi) is 8.22. The molecule has 2 heterocycles. The highest BCUT2D eigenvalue weighted by molar-refractivity contribution is 6.15. The van der Waals surface area contributed by atoms with E-state index >= 15 is 17.6 Å². The van der Waals surface area contributed by atoms with Crippen LogP contribution in [0.4, 0.5) is 35.1 Å². The minimum absolute atomic E-state index is 0.140. The number of benzene rings is 2. The fraction of sp³-hybridized carbons (Fsp3) is 0.500. The van der Waals surface area contributed by atoms with E-state index in [1.54, 1.807) is 0 Å². The Hall–Kier alpha value is -4.24. The average molecular weight is 691 g/mol. The molecule has 0 radical (unpaired) electrons. The Morgan fingerprint density at radius 3 is 1.08 bits per heavy atom. The molecule has 0 spiro atoms. The van der Waals surface area contributed by atoms with Gasteiger partial charge in [-0.05, 0) is 87.8 Å². The van der Waals surface area contributed by atoms with Crippen molar-refractivity contribution in [2.75, 3.05) is 0 Å². The molecule has 8 nitrogen and oxygen atoms in total.